The van der Waals surface area contributed by atoms with Crippen molar-refractivity contribution in [2.75, 3.05) is 24.3 Å². The van der Waals surface area contributed by atoms with Crippen LogP contribution in [-0.2, 0) is 0 Å². The summed E-state index contributed by atoms with van der Waals surface area (Å²) in [4.78, 5) is 8.41. The number of hydrogen-bond acceptors (Lipinski definition) is 5. The molecule has 0 spiro atoms. The fourth-order valence-corrected chi connectivity index (χ4v) is 4.49. The van der Waals surface area contributed by atoms with Gasteiger partial charge in [-0.15, -0.1) is 0 Å². The molecule has 1 saturated heterocycles. The molecule has 2 bridgehead atoms. The number of fused-ring (bicyclic) bond motifs is 2. The number of hydrogen-bond donors (Lipinski definition) is 1. The van der Waals surface area contributed by atoms with Crippen molar-refractivity contribution >= 4 is 22.2 Å². The van der Waals surface area contributed by atoms with E-state index >= 15 is 0 Å². The molecule has 2 unspecified atom stereocenters. The SMILES string of the molecule is COc1ccc(N2CC3CCC2c2sc(N)nc23)cc1. The normalized spacial score (nSPS) is 23.8. The predicted molar refractivity (Wildman–Crippen MR) is 81.6 cm³/mol. The highest BCUT2D eigenvalue weighted by atomic mass is 32.1. The van der Waals surface area contributed by atoms with Crippen molar-refractivity contribution in [1.82, 2.24) is 4.98 Å². The Labute approximate surface area is 122 Å². The molecule has 104 valence electrons. The molecule has 5 rings (SSSR count). The molecule has 20 heavy (non-hydrogen) atoms. The monoisotopic (exact) mass is 287 g/mol. The van der Waals surface area contributed by atoms with Gasteiger partial charge in [-0.2, -0.15) is 0 Å². The van der Waals surface area contributed by atoms with Crippen LogP contribution in [0.1, 0.15) is 35.4 Å². The molecule has 1 aromatic heterocycles. The van der Waals surface area contributed by atoms with Crippen molar-refractivity contribution in [2.45, 2.75) is 24.8 Å². The first-order chi connectivity index (χ1) is 9.76. The first-order valence-electron chi connectivity index (χ1n) is 6.93. The number of methoxy groups -OCH3 is 1. The molecule has 3 heterocycles. The Kier molecular flexibility index (Phi) is 2.63. The topological polar surface area (TPSA) is 51.4 Å². The molecule has 1 fully saturated rings. The second kappa shape index (κ2) is 4.38. The van der Waals surface area contributed by atoms with Crippen molar-refractivity contribution in [1.29, 1.82) is 0 Å². The van der Waals surface area contributed by atoms with Crippen LogP contribution in [0.5, 0.6) is 5.75 Å². The Morgan fingerprint density at radius 3 is 2.85 bits per heavy atom. The molecule has 0 saturated carbocycles. The third kappa shape index (κ3) is 1.69. The van der Waals surface area contributed by atoms with Crippen molar-refractivity contribution in [3.8, 4) is 5.75 Å². The molecule has 4 nitrogen and oxygen atoms in total. The smallest absolute Gasteiger partial charge is 0.180 e. The van der Waals surface area contributed by atoms with E-state index in [0.717, 1.165) is 12.3 Å². The first-order valence-corrected chi connectivity index (χ1v) is 7.74. The van der Waals surface area contributed by atoms with Crippen LogP contribution < -0.4 is 15.4 Å². The average molecular weight is 287 g/mol. The Bertz CT molecular complexity index is 637. The van der Waals surface area contributed by atoms with Gasteiger partial charge in [0.05, 0.1) is 23.7 Å². The quantitative estimate of drug-likeness (QED) is 0.921. The second-order valence-corrected chi connectivity index (χ2v) is 6.50. The summed E-state index contributed by atoms with van der Waals surface area (Å²) in [7, 11) is 1.70. The van der Waals surface area contributed by atoms with Crippen LogP contribution >= 0.6 is 11.3 Å². The number of nitrogens with two attached hydrogens (primary N) is 1. The maximum atomic E-state index is 5.90. The van der Waals surface area contributed by atoms with Crippen LogP contribution in [0.15, 0.2) is 24.3 Å². The van der Waals surface area contributed by atoms with Crippen LogP contribution in [-0.4, -0.2) is 18.6 Å². The maximum absolute atomic E-state index is 5.90. The van der Waals surface area contributed by atoms with Gasteiger partial charge in [0.25, 0.3) is 0 Å². The molecule has 5 heteroatoms. The average Bonchev–Trinajstić information content (AvgIpc) is 2.91. The van der Waals surface area contributed by atoms with Crippen LogP contribution in [0, 0.1) is 0 Å². The van der Waals surface area contributed by atoms with Crippen LogP contribution in [0.2, 0.25) is 0 Å². The number of ether oxygens (including phenoxy) is 1. The van der Waals surface area contributed by atoms with Gasteiger partial charge in [0.1, 0.15) is 5.75 Å². The third-order valence-corrected chi connectivity index (χ3v) is 5.37. The number of nitrogen functional groups attached to an aromatic ring is 1. The molecule has 0 radical (unpaired) electrons. The minimum Gasteiger partial charge on any atom is -0.497 e. The van der Waals surface area contributed by atoms with Gasteiger partial charge in [-0.05, 0) is 37.1 Å². The third-order valence-electron chi connectivity index (χ3n) is 4.37. The summed E-state index contributed by atoms with van der Waals surface area (Å²) in [6, 6.07) is 8.78. The fourth-order valence-electron chi connectivity index (χ4n) is 3.42. The lowest BCUT2D eigenvalue weighted by atomic mass is 9.81. The minimum absolute atomic E-state index is 0.443. The number of benzene rings is 1. The van der Waals surface area contributed by atoms with E-state index in [1.807, 2.05) is 12.1 Å². The summed E-state index contributed by atoms with van der Waals surface area (Å²) in [6.45, 7) is 1.05. The summed E-state index contributed by atoms with van der Waals surface area (Å²) >= 11 is 1.66. The van der Waals surface area contributed by atoms with Crippen molar-refractivity contribution in [3.63, 3.8) is 0 Å². The van der Waals surface area contributed by atoms with E-state index in [-0.39, 0.29) is 0 Å². The molecule has 2 aliphatic heterocycles. The number of thiazole rings is 1. The van der Waals surface area contributed by atoms with Gasteiger partial charge < -0.3 is 15.4 Å². The summed E-state index contributed by atoms with van der Waals surface area (Å²) in [5.41, 5.74) is 8.42. The molecular weight excluding hydrogens is 270 g/mol. The lowest BCUT2D eigenvalue weighted by Crippen LogP contribution is -2.42. The summed E-state index contributed by atoms with van der Waals surface area (Å²) in [5, 5.41) is 0.712. The number of anilines is 2. The van der Waals surface area contributed by atoms with E-state index in [1.165, 1.54) is 29.1 Å². The standard InChI is InChI=1S/C15H17N3OS/c1-19-11-5-3-10(4-6-11)18-8-9-2-7-12(18)14-13(9)17-15(16)20-14/h3-6,9,12H,2,7-8H2,1H3,(H2,16,17). The van der Waals surface area contributed by atoms with Gasteiger partial charge in [0, 0.05) is 18.2 Å². The summed E-state index contributed by atoms with van der Waals surface area (Å²) < 4.78 is 5.24. The van der Waals surface area contributed by atoms with Crippen LogP contribution in [0.25, 0.3) is 0 Å². The van der Waals surface area contributed by atoms with E-state index < -0.39 is 0 Å². The molecule has 2 atom stereocenters. The van der Waals surface area contributed by atoms with Gasteiger partial charge in [-0.3, -0.25) is 0 Å². The Morgan fingerprint density at radius 1 is 1.30 bits per heavy atom. The number of rotatable bonds is 2. The highest BCUT2D eigenvalue weighted by Gasteiger charge is 2.41. The first kappa shape index (κ1) is 12.0. The minimum atomic E-state index is 0.443. The molecular formula is C15H17N3OS. The van der Waals surface area contributed by atoms with E-state index in [4.69, 9.17) is 10.5 Å². The molecule has 1 aliphatic carbocycles. The predicted octanol–water partition coefficient (Wildman–Crippen LogP) is 3.17. The number of piperidine rings is 1. The fraction of sp³-hybridized carbons (Fsp3) is 0.400. The van der Waals surface area contributed by atoms with Crippen molar-refractivity contribution < 1.29 is 4.74 Å². The number of aromatic nitrogens is 1. The number of nitrogens with zero attached hydrogens (tertiary/aromatic N) is 2. The van der Waals surface area contributed by atoms with Gasteiger partial charge >= 0.3 is 0 Å². The largest absolute Gasteiger partial charge is 0.497 e. The van der Waals surface area contributed by atoms with E-state index in [9.17, 15) is 0 Å². The molecule has 2 N–H and O–H groups in total. The zero-order chi connectivity index (χ0) is 13.7. The van der Waals surface area contributed by atoms with E-state index in [1.54, 1.807) is 18.4 Å². The van der Waals surface area contributed by atoms with Crippen LogP contribution in [0.3, 0.4) is 0 Å². The highest BCUT2D eigenvalue weighted by molar-refractivity contribution is 7.15. The Balaban J connectivity index is 1.71. The van der Waals surface area contributed by atoms with E-state index in [2.05, 4.69) is 22.0 Å². The lowest BCUT2D eigenvalue weighted by molar-refractivity contribution is 0.389. The van der Waals surface area contributed by atoms with Gasteiger partial charge in [0.2, 0.25) is 0 Å². The zero-order valence-corrected chi connectivity index (χ0v) is 12.2. The zero-order valence-electron chi connectivity index (χ0n) is 11.4. The molecule has 0 amide bonds. The molecule has 1 aromatic carbocycles. The Hall–Kier alpha value is -1.75. The maximum Gasteiger partial charge on any atom is 0.180 e. The van der Waals surface area contributed by atoms with Gasteiger partial charge in [-0.25, -0.2) is 4.98 Å². The van der Waals surface area contributed by atoms with Gasteiger partial charge in [0.15, 0.2) is 5.13 Å². The van der Waals surface area contributed by atoms with Crippen molar-refractivity contribution in [3.05, 3.63) is 34.8 Å². The van der Waals surface area contributed by atoms with Gasteiger partial charge in [-0.1, -0.05) is 11.3 Å². The second-order valence-electron chi connectivity index (χ2n) is 5.44. The Morgan fingerprint density at radius 2 is 2.10 bits per heavy atom. The lowest BCUT2D eigenvalue weighted by Gasteiger charge is -2.45. The van der Waals surface area contributed by atoms with Crippen molar-refractivity contribution in [2.24, 2.45) is 0 Å². The van der Waals surface area contributed by atoms with Crippen LogP contribution in [0.4, 0.5) is 10.8 Å². The molecule has 3 aliphatic rings. The molecule has 2 aromatic rings. The summed E-state index contributed by atoms with van der Waals surface area (Å²) in [5.74, 6) is 1.43. The van der Waals surface area contributed by atoms with E-state index in [0.29, 0.717) is 17.1 Å². The summed E-state index contributed by atoms with van der Waals surface area (Å²) in [6.07, 6.45) is 2.43. The highest BCUT2D eigenvalue weighted by Crippen LogP contribution is 2.50.